The molecular formula is C23H29NO3. The number of carbonyl (C=O) groups excluding carboxylic acids is 1. The first-order valence-electron chi connectivity index (χ1n) is 9.41. The molecule has 0 saturated carbocycles. The van der Waals surface area contributed by atoms with E-state index in [1.165, 1.54) is 6.08 Å². The lowest BCUT2D eigenvalue weighted by Gasteiger charge is -2.11. The van der Waals surface area contributed by atoms with Crippen molar-refractivity contribution >= 4 is 17.7 Å². The van der Waals surface area contributed by atoms with E-state index < -0.39 is 0 Å². The van der Waals surface area contributed by atoms with Crippen molar-refractivity contribution in [1.82, 2.24) is 0 Å². The first-order valence-corrected chi connectivity index (χ1v) is 9.41. The number of aryl methyl sites for hydroxylation is 1. The normalized spacial score (nSPS) is 10.8. The van der Waals surface area contributed by atoms with Crippen molar-refractivity contribution in [1.29, 1.82) is 0 Å². The summed E-state index contributed by atoms with van der Waals surface area (Å²) in [4.78, 5) is 12.2. The quantitative estimate of drug-likeness (QED) is 0.468. The molecule has 0 spiro atoms. The minimum absolute atomic E-state index is 0.164. The molecule has 0 aliphatic rings. The van der Waals surface area contributed by atoms with E-state index in [2.05, 4.69) is 12.2 Å². The molecule has 0 aromatic heterocycles. The smallest absolute Gasteiger partial charge is 0.248 e. The van der Waals surface area contributed by atoms with Gasteiger partial charge in [0.05, 0.1) is 13.7 Å². The van der Waals surface area contributed by atoms with Crippen LogP contribution in [0.3, 0.4) is 0 Å². The maximum Gasteiger partial charge on any atom is 0.248 e. The van der Waals surface area contributed by atoms with Gasteiger partial charge in [-0.15, -0.1) is 0 Å². The number of rotatable bonds is 9. The number of benzene rings is 2. The zero-order valence-electron chi connectivity index (χ0n) is 16.7. The fraction of sp³-hybridized carbons (Fsp3) is 0.348. The fourth-order valence-corrected chi connectivity index (χ4v) is 2.67. The van der Waals surface area contributed by atoms with Gasteiger partial charge in [-0.2, -0.15) is 0 Å². The number of carbonyl (C=O) groups is 1. The van der Waals surface area contributed by atoms with E-state index in [9.17, 15) is 4.79 Å². The molecule has 0 heterocycles. The minimum atomic E-state index is -0.164. The summed E-state index contributed by atoms with van der Waals surface area (Å²) in [5.41, 5.74) is 3.93. The average Bonchev–Trinajstić information content (AvgIpc) is 2.67. The number of hydrogen-bond acceptors (Lipinski definition) is 3. The van der Waals surface area contributed by atoms with Crippen molar-refractivity contribution in [3.8, 4) is 11.5 Å². The highest BCUT2D eigenvalue weighted by atomic mass is 16.5. The van der Waals surface area contributed by atoms with Gasteiger partial charge in [0, 0.05) is 11.8 Å². The molecule has 144 valence electrons. The van der Waals surface area contributed by atoms with Gasteiger partial charge < -0.3 is 14.8 Å². The first kappa shape index (κ1) is 20.6. The van der Waals surface area contributed by atoms with Crippen molar-refractivity contribution in [2.24, 2.45) is 0 Å². The van der Waals surface area contributed by atoms with E-state index in [4.69, 9.17) is 9.47 Å². The third-order valence-electron chi connectivity index (χ3n) is 4.48. The standard InChI is InChI=1S/C23H29NO3/c1-5-6-7-15-27-21-13-11-19(16-22(21)26-4)12-14-23(25)24-20-10-8-9-17(2)18(20)3/h8-14,16H,5-7,15H2,1-4H3,(H,24,25). The molecule has 0 aliphatic carbocycles. The zero-order chi connectivity index (χ0) is 19.6. The van der Waals surface area contributed by atoms with Gasteiger partial charge in [0.1, 0.15) is 0 Å². The molecule has 1 N–H and O–H groups in total. The number of unbranched alkanes of at least 4 members (excludes halogenated alkanes) is 2. The number of hydrogen-bond donors (Lipinski definition) is 1. The Labute approximate surface area is 162 Å². The van der Waals surface area contributed by atoms with E-state index in [-0.39, 0.29) is 5.91 Å². The number of methoxy groups -OCH3 is 1. The highest BCUT2D eigenvalue weighted by molar-refractivity contribution is 6.02. The molecular weight excluding hydrogens is 338 g/mol. The topological polar surface area (TPSA) is 47.6 Å². The van der Waals surface area contributed by atoms with Crippen LogP contribution in [0.4, 0.5) is 5.69 Å². The summed E-state index contributed by atoms with van der Waals surface area (Å²) in [6.07, 6.45) is 6.63. The predicted octanol–water partition coefficient (Wildman–Crippen LogP) is 5.53. The van der Waals surface area contributed by atoms with Crippen molar-refractivity contribution in [3.63, 3.8) is 0 Å². The SMILES string of the molecule is CCCCCOc1ccc(C=CC(=O)Nc2cccc(C)c2C)cc1OC. The summed E-state index contributed by atoms with van der Waals surface area (Å²) in [5.74, 6) is 1.23. The molecule has 4 heteroatoms. The second-order valence-electron chi connectivity index (χ2n) is 6.54. The van der Waals surface area contributed by atoms with Crippen LogP contribution in [0.5, 0.6) is 11.5 Å². The Bertz CT molecular complexity index is 796. The summed E-state index contributed by atoms with van der Waals surface area (Å²) >= 11 is 0. The fourth-order valence-electron chi connectivity index (χ4n) is 2.67. The van der Waals surface area contributed by atoms with Crippen LogP contribution >= 0.6 is 0 Å². The van der Waals surface area contributed by atoms with Gasteiger partial charge in [-0.3, -0.25) is 4.79 Å². The number of ether oxygens (including phenoxy) is 2. The molecule has 0 aliphatic heterocycles. The number of amides is 1. The van der Waals surface area contributed by atoms with E-state index in [0.29, 0.717) is 12.4 Å². The van der Waals surface area contributed by atoms with Gasteiger partial charge in [-0.1, -0.05) is 38.0 Å². The van der Waals surface area contributed by atoms with Crippen LogP contribution in [0.2, 0.25) is 0 Å². The van der Waals surface area contributed by atoms with E-state index in [1.54, 1.807) is 13.2 Å². The van der Waals surface area contributed by atoms with Crippen molar-refractivity contribution in [2.75, 3.05) is 19.0 Å². The Morgan fingerprint density at radius 1 is 1.11 bits per heavy atom. The third-order valence-corrected chi connectivity index (χ3v) is 4.48. The first-order chi connectivity index (χ1) is 13.0. The summed E-state index contributed by atoms with van der Waals surface area (Å²) in [5, 5.41) is 2.92. The average molecular weight is 367 g/mol. The number of nitrogens with one attached hydrogen (secondary N) is 1. The second kappa shape index (κ2) is 10.4. The predicted molar refractivity (Wildman–Crippen MR) is 112 cm³/mol. The molecule has 1 amide bonds. The number of anilines is 1. The van der Waals surface area contributed by atoms with Gasteiger partial charge in [0.15, 0.2) is 11.5 Å². The van der Waals surface area contributed by atoms with Gasteiger partial charge in [0.25, 0.3) is 0 Å². The van der Waals surface area contributed by atoms with E-state index in [1.807, 2.05) is 50.2 Å². The highest BCUT2D eigenvalue weighted by Gasteiger charge is 2.06. The molecule has 0 radical (unpaired) electrons. The Morgan fingerprint density at radius 2 is 1.93 bits per heavy atom. The van der Waals surface area contributed by atoms with Crippen LogP contribution in [0.15, 0.2) is 42.5 Å². The summed E-state index contributed by atoms with van der Waals surface area (Å²) in [6.45, 7) is 6.87. The maximum atomic E-state index is 12.2. The lowest BCUT2D eigenvalue weighted by Crippen LogP contribution is -2.09. The lowest BCUT2D eigenvalue weighted by molar-refractivity contribution is -0.111. The molecule has 0 fully saturated rings. The Hall–Kier alpha value is -2.75. The lowest BCUT2D eigenvalue weighted by atomic mass is 10.1. The monoisotopic (exact) mass is 367 g/mol. The van der Waals surface area contributed by atoms with Crippen LogP contribution in [-0.4, -0.2) is 19.6 Å². The Morgan fingerprint density at radius 3 is 2.67 bits per heavy atom. The summed E-state index contributed by atoms with van der Waals surface area (Å²) in [6, 6.07) is 11.5. The van der Waals surface area contributed by atoms with Crippen molar-refractivity contribution in [2.45, 2.75) is 40.0 Å². The van der Waals surface area contributed by atoms with E-state index in [0.717, 1.165) is 47.4 Å². The van der Waals surface area contributed by atoms with Gasteiger partial charge in [-0.25, -0.2) is 0 Å². The van der Waals surface area contributed by atoms with Crippen LogP contribution in [0.25, 0.3) is 6.08 Å². The van der Waals surface area contributed by atoms with Crippen molar-refractivity contribution < 1.29 is 14.3 Å². The van der Waals surface area contributed by atoms with Gasteiger partial charge in [0.2, 0.25) is 5.91 Å². The largest absolute Gasteiger partial charge is 0.493 e. The zero-order valence-corrected chi connectivity index (χ0v) is 16.7. The molecule has 4 nitrogen and oxygen atoms in total. The Kier molecular flexibility index (Phi) is 7.93. The van der Waals surface area contributed by atoms with Gasteiger partial charge >= 0.3 is 0 Å². The van der Waals surface area contributed by atoms with Crippen LogP contribution in [0.1, 0.15) is 42.9 Å². The minimum Gasteiger partial charge on any atom is -0.493 e. The van der Waals surface area contributed by atoms with Crippen LogP contribution < -0.4 is 14.8 Å². The molecule has 0 bridgehead atoms. The molecule has 0 atom stereocenters. The van der Waals surface area contributed by atoms with Crippen molar-refractivity contribution in [3.05, 3.63) is 59.2 Å². The van der Waals surface area contributed by atoms with Crippen LogP contribution in [-0.2, 0) is 4.79 Å². The summed E-state index contributed by atoms with van der Waals surface area (Å²) in [7, 11) is 1.62. The third kappa shape index (κ3) is 6.17. The highest BCUT2D eigenvalue weighted by Crippen LogP contribution is 2.29. The van der Waals surface area contributed by atoms with Gasteiger partial charge in [-0.05, 0) is 61.2 Å². The van der Waals surface area contributed by atoms with E-state index >= 15 is 0 Å². The molecule has 2 aromatic rings. The maximum absolute atomic E-state index is 12.2. The summed E-state index contributed by atoms with van der Waals surface area (Å²) < 4.78 is 11.2. The molecule has 27 heavy (non-hydrogen) atoms. The molecule has 0 unspecified atom stereocenters. The second-order valence-corrected chi connectivity index (χ2v) is 6.54. The molecule has 2 aromatic carbocycles. The molecule has 2 rings (SSSR count). The van der Waals surface area contributed by atoms with Crippen LogP contribution in [0, 0.1) is 13.8 Å². The Balaban J connectivity index is 2.01. The molecule has 0 saturated heterocycles.